The second-order valence-corrected chi connectivity index (χ2v) is 4.48. The third-order valence-electron chi connectivity index (χ3n) is 2.99. The maximum atomic E-state index is 9.58. The molecule has 2 atom stereocenters. The van der Waals surface area contributed by atoms with Crippen LogP contribution in [-0.2, 0) is 0 Å². The van der Waals surface area contributed by atoms with Crippen LogP contribution in [0.3, 0.4) is 0 Å². The molecule has 0 radical (unpaired) electrons. The number of rotatable bonds is 4. The number of unbranched alkanes of at least 4 members (excludes halogenated alkanes) is 1. The maximum Gasteiger partial charge on any atom is 0.0682 e. The number of nitrogens with zero attached hydrogens (tertiary/aromatic N) is 1. The molecule has 0 bridgehead atoms. The highest BCUT2D eigenvalue weighted by Gasteiger charge is 2.31. The van der Waals surface area contributed by atoms with Gasteiger partial charge in [0.25, 0.3) is 0 Å². The van der Waals surface area contributed by atoms with Gasteiger partial charge in [-0.25, -0.2) is 0 Å². The van der Waals surface area contributed by atoms with Crippen LogP contribution in [0, 0.1) is 0 Å². The highest BCUT2D eigenvalue weighted by atomic mass is 16.3. The van der Waals surface area contributed by atoms with Gasteiger partial charge >= 0.3 is 0 Å². The van der Waals surface area contributed by atoms with Crippen LogP contribution in [0.2, 0.25) is 0 Å². The van der Waals surface area contributed by atoms with E-state index >= 15 is 0 Å². The van der Waals surface area contributed by atoms with Crippen LogP contribution in [0.4, 0.5) is 0 Å². The van der Waals surface area contributed by atoms with Crippen LogP contribution in [0.1, 0.15) is 46.5 Å². The fourth-order valence-corrected chi connectivity index (χ4v) is 2.27. The third-order valence-corrected chi connectivity index (χ3v) is 2.99. The van der Waals surface area contributed by atoms with Crippen molar-refractivity contribution in [3.63, 3.8) is 0 Å². The molecule has 0 aromatic carbocycles. The molecule has 1 heterocycles. The Bertz CT molecular complexity index is 147. The predicted octanol–water partition coefficient (Wildman–Crippen LogP) is 2.02. The molecule has 2 nitrogen and oxygen atoms in total. The Balaban J connectivity index is 2.41. The lowest BCUT2D eigenvalue weighted by Crippen LogP contribution is -2.35. The van der Waals surface area contributed by atoms with Crippen molar-refractivity contribution in [3.8, 4) is 0 Å². The normalized spacial score (nSPS) is 30.2. The molecule has 78 valence electrons. The van der Waals surface area contributed by atoms with E-state index in [1.807, 2.05) is 0 Å². The summed E-state index contributed by atoms with van der Waals surface area (Å²) in [7, 11) is 0. The van der Waals surface area contributed by atoms with E-state index < -0.39 is 0 Å². The summed E-state index contributed by atoms with van der Waals surface area (Å²) in [4.78, 5) is 2.44. The fraction of sp³-hybridized carbons (Fsp3) is 1.00. The van der Waals surface area contributed by atoms with E-state index in [1.54, 1.807) is 0 Å². The molecule has 1 N–H and O–H groups in total. The van der Waals surface area contributed by atoms with Gasteiger partial charge in [0.15, 0.2) is 0 Å². The van der Waals surface area contributed by atoms with Gasteiger partial charge in [0, 0.05) is 18.6 Å². The van der Waals surface area contributed by atoms with Crippen molar-refractivity contribution in [3.05, 3.63) is 0 Å². The molecule has 0 aromatic heterocycles. The minimum atomic E-state index is -0.0794. The second-order valence-electron chi connectivity index (χ2n) is 4.48. The first kappa shape index (κ1) is 11.0. The monoisotopic (exact) mass is 185 g/mol. The Kier molecular flexibility index (Phi) is 4.20. The van der Waals surface area contributed by atoms with E-state index in [1.165, 1.54) is 19.3 Å². The average Bonchev–Trinajstić information content (AvgIpc) is 2.43. The zero-order valence-electron chi connectivity index (χ0n) is 9.16. The molecule has 0 spiro atoms. The van der Waals surface area contributed by atoms with Gasteiger partial charge in [-0.1, -0.05) is 19.8 Å². The highest BCUT2D eigenvalue weighted by molar-refractivity contribution is 4.86. The minimum Gasteiger partial charge on any atom is -0.392 e. The molecular formula is C11H23NO. The zero-order valence-corrected chi connectivity index (χ0v) is 9.16. The summed E-state index contributed by atoms with van der Waals surface area (Å²) in [5.74, 6) is 0. The molecule has 1 aliphatic rings. The number of hydrogen-bond donors (Lipinski definition) is 1. The highest BCUT2D eigenvalue weighted by Crippen LogP contribution is 2.24. The van der Waals surface area contributed by atoms with Crippen LogP contribution in [0.5, 0.6) is 0 Å². The van der Waals surface area contributed by atoms with Crippen LogP contribution >= 0.6 is 0 Å². The van der Waals surface area contributed by atoms with E-state index in [0.29, 0.717) is 12.1 Å². The van der Waals surface area contributed by atoms with Gasteiger partial charge in [-0.2, -0.15) is 0 Å². The van der Waals surface area contributed by atoms with Gasteiger partial charge in [0.2, 0.25) is 0 Å². The summed E-state index contributed by atoms with van der Waals surface area (Å²) < 4.78 is 0. The minimum absolute atomic E-state index is 0.0794. The molecular weight excluding hydrogens is 162 g/mol. The summed E-state index contributed by atoms with van der Waals surface area (Å²) in [6, 6.07) is 1.22. The quantitative estimate of drug-likeness (QED) is 0.724. The van der Waals surface area contributed by atoms with Gasteiger partial charge in [0.05, 0.1) is 6.10 Å². The molecule has 13 heavy (non-hydrogen) atoms. The second kappa shape index (κ2) is 4.97. The summed E-state index contributed by atoms with van der Waals surface area (Å²) >= 11 is 0. The van der Waals surface area contributed by atoms with Crippen molar-refractivity contribution in [2.75, 3.05) is 6.54 Å². The summed E-state index contributed by atoms with van der Waals surface area (Å²) in [6.45, 7) is 7.55. The van der Waals surface area contributed by atoms with Gasteiger partial charge < -0.3 is 5.11 Å². The van der Waals surface area contributed by atoms with Crippen LogP contribution in [0.25, 0.3) is 0 Å². The van der Waals surface area contributed by atoms with E-state index in [4.69, 9.17) is 0 Å². The lowest BCUT2D eigenvalue weighted by atomic mass is 10.1. The Labute approximate surface area is 81.9 Å². The van der Waals surface area contributed by atoms with Gasteiger partial charge in [-0.05, 0) is 26.7 Å². The lowest BCUT2D eigenvalue weighted by molar-refractivity contribution is 0.157. The molecule has 1 saturated heterocycles. The topological polar surface area (TPSA) is 23.5 Å². The third kappa shape index (κ3) is 2.96. The summed E-state index contributed by atoms with van der Waals surface area (Å²) in [5.41, 5.74) is 0. The lowest BCUT2D eigenvalue weighted by Gasteiger charge is -2.27. The van der Waals surface area contributed by atoms with E-state index in [9.17, 15) is 5.11 Å². The van der Waals surface area contributed by atoms with Crippen molar-refractivity contribution >= 4 is 0 Å². The number of likely N-dealkylation sites (tertiary alicyclic amines) is 1. The SMILES string of the molecule is CCCC[C@@H]1C[C@H](O)CN1C(C)C. The van der Waals surface area contributed by atoms with Crippen molar-refractivity contribution in [1.82, 2.24) is 4.90 Å². The average molecular weight is 185 g/mol. The maximum absolute atomic E-state index is 9.58. The summed E-state index contributed by atoms with van der Waals surface area (Å²) in [5, 5.41) is 9.58. The summed E-state index contributed by atoms with van der Waals surface area (Å²) in [6.07, 6.45) is 4.72. The first-order chi connectivity index (χ1) is 6.15. The number of aliphatic hydroxyl groups is 1. The van der Waals surface area contributed by atoms with Crippen LogP contribution in [-0.4, -0.2) is 34.7 Å². The van der Waals surface area contributed by atoms with Crippen molar-refractivity contribution in [1.29, 1.82) is 0 Å². The Morgan fingerprint density at radius 1 is 1.46 bits per heavy atom. The Morgan fingerprint density at radius 3 is 2.69 bits per heavy atom. The largest absolute Gasteiger partial charge is 0.392 e. The van der Waals surface area contributed by atoms with Gasteiger partial charge in [-0.15, -0.1) is 0 Å². The van der Waals surface area contributed by atoms with Gasteiger partial charge in [-0.3, -0.25) is 4.90 Å². The van der Waals surface area contributed by atoms with Crippen molar-refractivity contribution < 1.29 is 5.11 Å². The first-order valence-corrected chi connectivity index (χ1v) is 5.59. The van der Waals surface area contributed by atoms with E-state index in [-0.39, 0.29) is 6.10 Å². The Morgan fingerprint density at radius 2 is 2.15 bits per heavy atom. The first-order valence-electron chi connectivity index (χ1n) is 5.59. The van der Waals surface area contributed by atoms with Crippen molar-refractivity contribution in [2.45, 2.75) is 64.6 Å². The van der Waals surface area contributed by atoms with E-state index in [2.05, 4.69) is 25.7 Å². The number of hydrogen-bond acceptors (Lipinski definition) is 2. The molecule has 0 aromatic rings. The van der Waals surface area contributed by atoms with Crippen LogP contribution in [0.15, 0.2) is 0 Å². The van der Waals surface area contributed by atoms with Crippen LogP contribution < -0.4 is 0 Å². The standard InChI is InChI=1S/C11H23NO/c1-4-5-6-10-7-11(13)8-12(10)9(2)3/h9-11,13H,4-8H2,1-3H3/t10-,11+/m1/s1. The predicted molar refractivity (Wildman–Crippen MR) is 55.8 cm³/mol. The zero-order chi connectivity index (χ0) is 9.84. The van der Waals surface area contributed by atoms with E-state index in [0.717, 1.165) is 13.0 Å². The molecule has 1 fully saturated rings. The molecule has 1 rings (SSSR count). The molecule has 0 unspecified atom stereocenters. The molecule has 0 saturated carbocycles. The smallest absolute Gasteiger partial charge is 0.0682 e. The number of β-amino-alcohol motifs (C(OH)–C–C–N with tert-alkyl or cyclic N) is 1. The molecule has 0 aliphatic carbocycles. The van der Waals surface area contributed by atoms with Crippen molar-refractivity contribution in [2.24, 2.45) is 0 Å². The van der Waals surface area contributed by atoms with Gasteiger partial charge in [0.1, 0.15) is 0 Å². The molecule has 2 heteroatoms. The Hall–Kier alpha value is -0.0800. The fourth-order valence-electron chi connectivity index (χ4n) is 2.27. The molecule has 1 aliphatic heterocycles. The molecule has 0 amide bonds. The number of aliphatic hydroxyl groups excluding tert-OH is 1.